The van der Waals surface area contributed by atoms with Crippen molar-refractivity contribution in [2.24, 2.45) is 17.8 Å². The van der Waals surface area contributed by atoms with E-state index in [0.29, 0.717) is 11.1 Å². The Hall–Kier alpha value is -2.06. The Labute approximate surface area is 193 Å². The van der Waals surface area contributed by atoms with Gasteiger partial charge in [-0.25, -0.2) is 0 Å². The van der Waals surface area contributed by atoms with Gasteiger partial charge in [0.2, 0.25) is 0 Å². The third kappa shape index (κ3) is 6.25. The summed E-state index contributed by atoms with van der Waals surface area (Å²) >= 11 is 6.17. The molecule has 0 aromatic rings. The predicted octanol–water partition coefficient (Wildman–Crippen LogP) is 3.25. The van der Waals surface area contributed by atoms with E-state index in [4.69, 9.17) is 30.5 Å². The summed E-state index contributed by atoms with van der Waals surface area (Å²) in [5, 5.41) is 11.5. The van der Waals surface area contributed by atoms with Gasteiger partial charge in [-0.05, 0) is 23.5 Å². The maximum absolute atomic E-state index is 12.4. The van der Waals surface area contributed by atoms with Crippen LogP contribution in [0.1, 0.15) is 53.9 Å². The predicted molar refractivity (Wildman–Crippen MR) is 116 cm³/mol. The van der Waals surface area contributed by atoms with Crippen LogP contribution in [0.25, 0.3) is 0 Å². The van der Waals surface area contributed by atoms with Crippen molar-refractivity contribution in [2.75, 3.05) is 12.5 Å². The number of carbonyl (C=O) groups is 3. The maximum Gasteiger partial charge on any atom is 0.309 e. The van der Waals surface area contributed by atoms with Gasteiger partial charge in [0.1, 0.15) is 12.2 Å². The molecule has 0 saturated carbocycles. The minimum atomic E-state index is -1.78. The number of fused-ring (bicyclic) bond motifs is 1. The van der Waals surface area contributed by atoms with Gasteiger partial charge < -0.3 is 24.1 Å². The summed E-state index contributed by atoms with van der Waals surface area (Å²) in [5.41, 5.74) is -0.810. The first-order chi connectivity index (χ1) is 15.0. The molecule has 32 heavy (non-hydrogen) atoms. The van der Waals surface area contributed by atoms with Gasteiger partial charge in [-0.1, -0.05) is 34.1 Å². The summed E-state index contributed by atoms with van der Waals surface area (Å²) in [4.78, 5) is 36.1. The van der Waals surface area contributed by atoms with Gasteiger partial charge in [0.15, 0.2) is 6.10 Å². The number of hydrogen-bond donors (Lipinski definition) is 1. The van der Waals surface area contributed by atoms with Crippen molar-refractivity contribution in [1.29, 1.82) is 0 Å². The zero-order valence-corrected chi connectivity index (χ0v) is 20.0. The topological polar surface area (TPSA) is 108 Å². The maximum atomic E-state index is 12.4. The summed E-state index contributed by atoms with van der Waals surface area (Å²) < 4.78 is 21.8. The van der Waals surface area contributed by atoms with Crippen LogP contribution in [0.5, 0.6) is 0 Å². The molecular formula is C23H33ClO8. The Morgan fingerprint density at radius 2 is 1.84 bits per heavy atom. The van der Waals surface area contributed by atoms with E-state index in [9.17, 15) is 19.5 Å². The van der Waals surface area contributed by atoms with E-state index < -0.39 is 41.8 Å². The highest BCUT2D eigenvalue weighted by atomic mass is 35.5. The molecule has 0 aromatic carbocycles. The van der Waals surface area contributed by atoms with E-state index in [1.165, 1.54) is 13.2 Å². The first-order valence-corrected chi connectivity index (χ1v) is 11.4. The van der Waals surface area contributed by atoms with E-state index >= 15 is 0 Å². The Kier molecular flexibility index (Phi) is 9.16. The lowest BCUT2D eigenvalue weighted by atomic mass is 9.82. The highest BCUT2D eigenvalue weighted by Crippen LogP contribution is 2.47. The van der Waals surface area contributed by atoms with Crippen LogP contribution in [-0.2, 0) is 33.3 Å². The number of hydrogen-bond acceptors (Lipinski definition) is 8. The van der Waals surface area contributed by atoms with Crippen LogP contribution < -0.4 is 0 Å². The number of esters is 3. The third-order valence-electron chi connectivity index (χ3n) is 5.62. The lowest BCUT2D eigenvalue weighted by Crippen LogP contribution is -2.54. The average molecular weight is 473 g/mol. The van der Waals surface area contributed by atoms with Crippen molar-refractivity contribution in [3.05, 3.63) is 23.5 Å². The fraction of sp³-hybridized carbons (Fsp3) is 0.696. The SMILES string of the molecule is CC[C@@H](C)CC(=O)O[C@H]1C=C2C(COC(C)=O)=CO[C@@H](OC(=O)CC(C)C)[C@@H]2[C@@]1(O)CCl. The zero-order chi connectivity index (χ0) is 24.1. The standard InChI is InChI=1S/C23H33ClO8/c1-6-14(4)8-20(27)31-18-9-17-16(10-29-15(5)25)11-30-22(21(17)23(18,28)12-24)32-19(26)7-13(2)3/h9,11,13-14,18,21-22,28H,6-8,10,12H2,1-5H3/t14-,18+,21-,22+,23-/m1/s1. The fourth-order valence-corrected chi connectivity index (χ4v) is 3.98. The fourth-order valence-electron chi connectivity index (χ4n) is 3.66. The van der Waals surface area contributed by atoms with Crippen LogP contribution in [0.4, 0.5) is 0 Å². The van der Waals surface area contributed by atoms with E-state index in [0.717, 1.165) is 6.42 Å². The zero-order valence-electron chi connectivity index (χ0n) is 19.3. The first-order valence-electron chi connectivity index (χ1n) is 10.9. The van der Waals surface area contributed by atoms with E-state index in [1.807, 2.05) is 27.7 Å². The highest BCUT2D eigenvalue weighted by molar-refractivity contribution is 6.18. The van der Waals surface area contributed by atoms with Crippen molar-refractivity contribution >= 4 is 29.5 Å². The molecule has 2 aliphatic rings. The molecule has 0 unspecified atom stereocenters. The Morgan fingerprint density at radius 3 is 2.41 bits per heavy atom. The van der Waals surface area contributed by atoms with E-state index in [2.05, 4.69) is 0 Å². The van der Waals surface area contributed by atoms with E-state index in [1.54, 1.807) is 6.08 Å². The summed E-state index contributed by atoms with van der Waals surface area (Å²) in [7, 11) is 0. The van der Waals surface area contributed by atoms with Crippen LogP contribution in [0.3, 0.4) is 0 Å². The van der Waals surface area contributed by atoms with E-state index in [-0.39, 0.29) is 37.2 Å². The van der Waals surface area contributed by atoms with Crippen molar-refractivity contribution in [1.82, 2.24) is 0 Å². The quantitative estimate of drug-likeness (QED) is 0.293. The molecule has 0 bridgehead atoms. The molecule has 0 amide bonds. The number of carbonyl (C=O) groups excluding carboxylic acids is 3. The first kappa shape index (κ1) is 26.2. The second-order valence-corrected chi connectivity index (χ2v) is 9.14. The molecule has 1 N–H and O–H groups in total. The molecule has 9 heteroatoms. The normalized spacial score (nSPS) is 27.6. The minimum absolute atomic E-state index is 0.0703. The number of aliphatic hydroxyl groups is 1. The molecule has 0 saturated heterocycles. The van der Waals surface area contributed by atoms with Gasteiger partial charge in [-0.2, -0.15) is 0 Å². The summed E-state index contributed by atoms with van der Waals surface area (Å²) in [6.07, 6.45) is 1.82. The molecule has 0 radical (unpaired) electrons. The smallest absolute Gasteiger partial charge is 0.309 e. The Bertz CT molecular complexity index is 774. The number of rotatable bonds is 10. The monoisotopic (exact) mass is 472 g/mol. The Morgan fingerprint density at radius 1 is 1.19 bits per heavy atom. The van der Waals surface area contributed by atoms with Gasteiger partial charge >= 0.3 is 17.9 Å². The molecule has 1 aliphatic carbocycles. The molecule has 1 aliphatic heterocycles. The molecule has 0 aromatic heterocycles. The molecule has 2 rings (SSSR count). The van der Waals surface area contributed by atoms with Crippen molar-refractivity contribution in [2.45, 2.75) is 71.9 Å². The van der Waals surface area contributed by atoms with Gasteiger partial charge in [0.25, 0.3) is 6.29 Å². The van der Waals surface area contributed by atoms with Crippen LogP contribution in [0.15, 0.2) is 23.5 Å². The Balaban J connectivity index is 2.34. The second-order valence-electron chi connectivity index (χ2n) is 8.87. The molecule has 5 atom stereocenters. The molecule has 0 spiro atoms. The average Bonchev–Trinajstić information content (AvgIpc) is 2.99. The lowest BCUT2D eigenvalue weighted by molar-refractivity contribution is -0.203. The molecular weight excluding hydrogens is 440 g/mol. The summed E-state index contributed by atoms with van der Waals surface area (Å²) in [6.45, 7) is 8.82. The number of ether oxygens (including phenoxy) is 4. The van der Waals surface area contributed by atoms with Gasteiger partial charge in [0.05, 0.1) is 18.1 Å². The van der Waals surface area contributed by atoms with Crippen molar-refractivity contribution in [3.63, 3.8) is 0 Å². The number of halogens is 1. The molecule has 180 valence electrons. The van der Waals surface area contributed by atoms with Crippen LogP contribution in [0.2, 0.25) is 0 Å². The van der Waals surface area contributed by atoms with Gasteiger partial charge in [0, 0.05) is 25.3 Å². The summed E-state index contributed by atoms with van der Waals surface area (Å²) in [5.74, 6) is -2.49. The molecule has 1 heterocycles. The van der Waals surface area contributed by atoms with Crippen LogP contribution in [0, 0.1) is 17.8 Å². The summed E-state index contributed by atoms with van der Waals surface area (Å²) in [6, 6.07) is 0. The van der Waals surface area contributed by atoms with Crippen LogP contribution >= 0.6 is 11.6 Å². The lowest BCUT2D eigenvalue weighted by Gasteiger charge is -2.39. The van der Waals surface area contributed by atoms with Crippen molar-refractivity contribution in [3.8, 4) is 0 Å². The van der Waals surface area contributed by atoms with Crippen molar-refractivity contribution < 1.29 is 38.4 Å². The van der Waals surface area contributed by atoms with Gasteiger partial charge in [-0.3, -0.25) is 14.4 Å². The minimum Gasteiger partial charge on any atom is -0.461 e. The van der Waals surface area contributed by atoms with Gasteiger partial charge in [-0.15, -0.1) is 11.6 Å². The number of alkyl halides is 1. The molecule has 8 nitrogen and oxygen atoms in total. The third-order valence-corrected chi connectivity index (χ3v) is 6.05. The van der Waals surface area contributed by atoms with Crippen LogP contribution in [-0.4, -0.2) is 53.5 Å². The second kappa shape index (κ2) is 11.2. The molecule has 0 fully saturated rings. The highest BCUT2D eigenvalue weighted by Gasteiger charge is 2.58. The largest absolute Gasteiger partial charge is 0.461 e.